The van der Waals surface area contributed by atoms with Crippen LogP contribution in [0.5, 0.6) is 0 Å². The van der Waals surface area contributed by atoms with Crippen LogP contribution in [0.3, 0.4) is 0 Å². The van der Waals surface area contributed by atoms with Gasteiger partial charge in [-0.15, -0.1) is 0 Å². The fraction of sp³-hybridized carbons (Fsp3) is 0.444. The number of amides is 1. The Labute approximate surface area is 156 Å². The van der Waals surface area contributed by atoms with Crippen molar-refractivity contribution in [2.24, 2.45) is 0 Å². The lowest BCUT2D eigenvalue weighted by molar-refractivity contribution is 0.0993. The van der Waals surface area contributed by atoms with Crippen molar-refractivity contribution >= 4 is 44.3 Å². The van der Waals surface area contributed by atoms with Gasteiger partial charge in [0, 0.05) is 28.5 Å². The zero-order chi connectivity index (χ0) is 18.6. The van der Waals surface area contributed by atoms with Crippen LogP contribution in [0.15, 0.2) is 28.9 Å². The predicted molar refractivity (Wildman–Crippen MR) is 106 cm³/mol. The summed E-state index contributed by atoms with van der Waals surface area (Å²) in [5.41, 5.74) is 8.03. The van der Waals surface area contributed by atoms with Crippen molar-refractivity contribution in [3.8, 4) is 0 Å². The van der Waals surface area contributed by atoms with Gasteiger partial charge in [-0.25, -0.2) is 4.79 Å². The summed E-state index contributed by atoms with van der Waals surface area (Å²) in [5.74, 6) is 0. The van der Waals surface area contributed by atoms with Crippen LogP contribution in [0, 0.1) is 0 Å². The minimum Gasteiger partial charge on any atom is -0.465 e. The van der Waals surface area contributed by atoms with Crippen LogP contribution in [0.2, 0.25) is 0 Å². The third-order valence-electron chi connectivity index (χ3n) is 4.01. The largest absolute Gasteiger partial charge is 0.465 e. The molecule has 1 aromatic heterocycles. The molecule has 1 amide bonds. The summed E-state index contributed by atoms with van der Waals surface area (Å²) in [6.07, 6.45) is 2.41. The number of halogens is 1. The fourth-order valence-electron chi connectivity index (χ4n) is 2.71. The van der Waals surface area contributed by atoms with E-state index in [1.165, 1.54) is 4.90 Å². The quantitative estimate of drug-likeness (QED) is 0.609. The SMILES string of the molecule is CC(C)(C)N(CCCCNc1c(N)cnc2cc(Br)ccc12)C(=O)O. The first kappa shape index (κ1) is 19.3. The lowest BCUT2D eigenvalue weighted by atomic mass is 10.1. The van der Waals surface area contributed by atoms with Crippen LogP contribution >= 0.6 is 15.9 Å². The molecule has 0 bridgehead atoms. The standard InChI is InChI=1S/C18H25BrN4O2/c1-18(2,3)23(17(24)25)9-5-4-8-21-16-13-7-6-12(19)10-15(13)22-11-14(16)20/h6-7,10-11H,4-5,8-9,20H2,1-3H3,(H,21,22)(H,24,25). The molecule has 0 aliphatic rings. The molecule has 1 aromatic carbocycles. The van der Waals surface area contributed by atoms with Crippen LogP contribution in [0.1, 0.15) is 33.6 Å². The van der Waals surface area contributed by atoms with Crippen molar-refractivity contribution in [3.63, 3.8) is 0 Å². The maximum absolute atomic E-state index is 11.3. The van der Waals surface area contributed by atoms with E-state index in [0.717, 1.165) is 40.4 Å². The number of fused-ring (bicyclic) bond motifs is 1. The summed E-state index contributed by atoms with van der Waals surface area (Å²) in [6, 6.07) is 5.90. The third-order valence-corrected chi connectivity index (χ3v) is 4.50. The molecule has 0 aliphatic heterocycles. The molecular weight excluding hydrogens is 384 g/mol. The number of rotatable bonds is 6. The van der Waals surface area contributed by atoms with Crippen molar-refractivity contribution in [1.82, 2.24) is 9.88 Å². The van der Waals surface area contributed by atoms with E-state index in [4.69, 9.17) is 5.73 Å². The summed E-state index contributed by atoms with van der Waals surface area (Å²) in [5, 5.41) is 13.7. The summed E-state index contributed by atoms with van der Waals surface area (Å²) in [4.78, 5) is 17.2. The number of anilines is 2. The molecule has 0 atom stereocenters. The van der Waals surface area contributed by atoms with E-state index in [9.17, 15) is 9.90 Å². The second kappa shape index (κ2) is 7.91. The van der Waals surface area contributed by atoms with Gasteiger partial charge in [-0.3, -0.25) is 4.98 Å². The van der Waals surface area contributed by atoms with Crippen LogP contribution in [0.4, 0.5) is 16.2 Å². The van der Waals surface area contributed by atoms with Gasteiger partial charge in [-0.05, 0) is 51.8 Å². The molecule has 4 N–H and O–H groups in total. The minimum atomic E-state index is -0.879. The first-order valence-corrected chi connectivity index (χ1v) is 9.07. The van der Waals surface area contributed by atoms with E-state index in [-0.39, 0.29) is 0 Å². The number of nitrogens with zero attached hydrogens (tertiary/aromatic N) is 2. The number of carbonyl (C=O) groups is 1. The van der Waals surface area contributed by atoms with Gasteiger partial charge >= 0.3 is 6.09 Å². The van der Waals surface area contributed by atoms with Gasteiger partial charge in [0.05, 0.1) is 23.1 Å². The van der Waals surface area contributed by atoms with E-state index < -0.39 is 11.6 Å². The molecule has 0 saturated heterocycles. The second-order valence-corrected chi connectivity index (χ2v) is 7.90. The van der Waals surface area contributed by atoms with Crippen molar-refractivity contribution in [2.75, 3.05) is 24.1 Å². The highest BCUT2D eigenvalue weighted by atomic mass is 79.9. The number of nitrogens with two attached hydrogens (primary N) is 1. The first-order chi connectivity index (χ1) is 11.7. The minimum absolute atomic E-state index is 0.390. The second-order valence-electron chi connectivity index (χ2n) is 6.99. The number of nitrogens with one attached hydrogen (secondary N) is 1. The molecular formula is C18H25BrN4O2. The lowest BCUT2D eigenvalue weighted by Crippen LogP contribution is -2.45. The Bertz CT molecular complexity index is 759. The van der Waals surface area contributed by atoms with Crippen molar-refractivity contribution in [3.05, 3.63) is 28.9 Å². The average molecular weight is 409 g/mol. The molecule has 0 aliphatic carbocycles. The summed E-state index contributed by atoms with van der Waals surface area (Å²) >= 11 is 3.45. The monoisotopic (exact) mass is 408 g/mol. The van der Waals surface area contributed by atoms with Crippen molar-refractivity contribution in [1.29, 1.82) is 0 Å². The number of carboxylic acid groups (broad SMARTS) is 1. The molecule has 2 aromatic rings. The first-order valence-electron chi connectivity index (χ1n) is 8.28. The summed E-state index contributed by atoms with van der Waals surface area (Å²) < 4.78 is 0.971. The molecule has 6 nitrogen and oxygen atoms in total. The van der Waals surface area contributed by atoms with Crippen molar-refractivity contribution < 1.29 is 9.90 Å². The molecule has 136 valence electrons. The van der Waals surface area contributed by atoms with Crippen molar-refractivity contribution in [2.45, 2.75) is 39.2 Å². The number of pyridine rings is 1. The molecule has 2 rings (SSSR count). The number of hydrogen-bond donors (Lipinski definition) is 3. The maximum Gasteiger partial charge on any atom is 0.407 e. The van der Waals surface area contributed by atoms with Crippen LogP contribution in [-0.4, -0.2) is 39.7 Å². The molecule has 7 heteroatoms. The van der Waals surface area contributed by atoms with E-state index in [1.54, 1.807) is 6.20 Å². The number of hydrogen-bond acceptors (Lipinski definition) is 4. The summed E-state index contributed by atoms with van der Waals surface area (Å²) in [6.45, 7) is 6.95. The molecule has 1 heterocycles. The molecule has 0 unspecified atom stereocenters. The van der Waals surface area contributed by atoms with Gasteiger partial charge in [-0.1, -0.05) is 15.9 Å². The van der Waals surface area contributed by atoms with E-state index in [0.29, 0.717) is 12.2 Å². The zero-order valence-corrected chi connectivity index (χ0v) is 16.4. The lowest BCUT2D eigenvalue weighted by Gasteiger charge is -2.33. The Hall–Kier alpha value is -2.02. The predicted octanol–water partition coefficient (Wildman–Crippen LogP) is 4.55. The molecule has 0 saturated carbocycles. The van der Waals surface area contributed by atoms with E-state index in [2.05, 4.69) is 26.2 Å². The molecule has 0 spiro atoms. The fourth-order valence-corrected chi connectivity index (χ4v) is 3.05. The van der Waals surface area contributed by atoms with Gasteiger partial charge in [0.15, 0.2) is 0 Å². The third kappa shape index (κ3) is 4.98. The van der Waals surface area contributed by atoms with Gasteiger partial charge < -0.3 is 21.1 Å². The highest BCUT2D eigenvalue weighted by Gasteiger charge is 2.25. The molecule has 0 radical (unpaired) electrons. The van der Waals surface area contributed by atoms with E-state index in [1.807, 2.05) is 39.0 Å². The van der Waals surface area contributed by atoms with Gasteiger partial charge in [0.25, 0.3) is 0 Å². The normalized spacial score (nSPS) is 11.5. The highest BCUT2D eigenvalue weighted by Crippen LogP contribution is 2.29. The average Bonchev–Trinajstić information content (AvgIpc) is 2.50. The Kier molecular flexibility index (Phi) is 6.11. The van der Waals surface area contributed by atoms with Crippen LogP contribution < -0.4 is 11.1 Å². The Balaban J connectivity index is 1.95. The molecule has 0 fully saturated rings. The van der Waals surface area contributed by atoms with Crippen LogP contribution in [0.25, 0.3) is 10.9 Å². The van der Waals surface area contributed by atoms with Gasteiger partial charge in [0.2, 0.25) is 0 Å². The maximum atomic E-state index is 11.3. The summed E-state index contributed by atoms with van der Waals surface area (Å²) in [7, 11) is 0. The Morgan fingerprint density at radius 3 is 2.72 bits per heavy atom. The number of aromatic nitrogens is 1. The van der Waals surface area contributed by atoms with Gasteiger partial charge in [-0.2, -0.15) is 0 Å². The highest BCUT2D eigenvalue weighted by molar-refractivity contribution is 9.10. The Morgan fingerprint density at radius 1 is 1.36 bits per heavy atom. The number of benzene rings is 1. The smallest absolute Gasteiger partial charge is 0.407 e. The number of unbranched alkanes of at least 4 members (excludes halogenated alkanes) is 1. The van der Waals surface area contributed by atoms with E-state index >= 15 is 0 Å². The topological polar surface area (TPSA) is 91.5 Å². The van der Waals surface area contributed by atoms with Gasteiger partial charge in [0.1, 0.15) is 0 Å². The number of nitrogen functional groups attached to an aromatic ring is 1. The van der Waals surface area contributed by atoms with Crippen LogP contribution in [-0.2, 0) is 0 Å². The molecule has 25 heavy (non-hydrogen) atoms. The Morgan fingerprint density at radius 2 is 2.08 bits per heavy atom. The zero-order valence-electron chi connectivity index (χ0n) is 14.8.